The standard InChI is InChI=1S/C16H34N2O/c1-7-16(6,11-17-8-13(2)3)12-18-9-15(5)19-10-14(18)4/h13-15,17H,7-12H2,1-6H3. The van der Waals surface area contributed by atoms with Crippen LogP contribution in [-0.4, -0.2) is 49.8 Å². The van der Waals surface area contributed by atoms with Crippen LogP contribution in [0, 0.1) is 11.3 Å². The zero-order chi connectivity index (χ0) is 14.5. The van der Waals surface area contributed by atoms with Crippen LogP contribution in [0.25, 0.3) is 0 Å². The first-order valence-electron chi connectivity index (χ1n) is 7.92. The molecule has 3 heteroatoms. The van der Waals surface area contributed by atoms with Crippen LogP contribution in [0.1, 0.15) is 48.0 Å². The summed E-state index contributed by atoms with van der Waals surface area (Å²) in [5.41, 5.74) is 0.361. The van der Waals surface area contributed by atoms with E-state index >= 15 is 0 Å². The van der Waals surface area contributed by atoms with E-state index in [4.69, 9.17) is 4.74 Å². The highest BCUT2D eigenvalue weighted by Crippen LogP contribution is 2.24. The zero-order valence-electron chi connectivity index (χ0n) is 13.8. The number of hydrogen-bond donors (Lipinski definition) is 1. The molecule has 0 amide bonds. The van der Waals surface area contributed by atoms with Crippen molar-refractivity contribution in [2.45, 2.75) is 60.1 Å². The molecule has 0 saturated carbocycles. The van der Waals surface area contributed by atoms with Gasteiger partial charge >= 0.3 is 0 Å². The van der Waals surface area contributed by atoms with E-state index in [1.807, 2.05) is 0 Å². The Morgan fingerprint density at radius 2 is 2.05 bits per heavy atom. The topological polar surface area (TPSA) is 24.5 Å². The minimum Gasteiger partial charge on any atom is -0.376 e. The molecule has 1 aliphatic heterocycles. The molecule has 3 unspecified atom stereocenters. The molecule has 0 aliphatic carbocycles. The molecule has 0 radical (unpaired) electrons. The number of hydrogen-bond acceptors (Lipinski definition) is 3. The van der Waals surface area contributed by atoms with Gasteiger partial charge in [-0.1, -0.05) is 27.7 Å². The Labute approximate surface area is 120 Å². The highest BCUT2D eigenvalue weighted by Gasteiger charge is 2.30. The molecular formula is C16H34N2O. The average Bonchev–Trinajstić information content (AvgIpc) is 2.33. The summed E-state index contributed by atoms with van der Waals surface area (Å²) in [5.74, 6) is 0.725. The van der Waals surface area contributed by atoms with Gasteiger partial charge in [-0.2, -0.15) is 0 Å². The second-order valence-corrected chi connectivity index (χ2v) is 7.11. The van der Waals surface area contributed by atoms with E-state index in [0.717, 1.165) is 32.2 Å². The average molecular weight is 270 g/mol. The normalized spacial score (nSPS) is 28.6. The molecule has 1 fully saturated rings. The molecule has 3 atom stereocenters. The molecule has 0 aromatic carbocycles. The van der Waals surface area contributed by atoms with E-state index in [9.17, 15) is 0 Å². The minimum atomic E-state index is 0.361. The predicted octanol–water partition coefficient (Wildman–Crippen LogP) is 2.76. The maximum atomic E-state index is 5.72. The second kappa shape index (κ2) is 7.61. The third kappa shape index (κ3) is 5.80. The lowest BCUT2D eigenvalue weighted by Gasteiger charge is -2.42. The van der Waals surface area contributed by atoms with E-state index in [1.54, 1.807) is 0 Å². The summed E-state index contributed by atoms with van der Waals surface area (Å²) in [6.45, 7) is 19.1. The van der Waals surface area contributed by atoms with E-state index in [1.165, 1.54) is 13.0 Å². The fourth-order valence-corrected chi connectivity index (χ4v) is 2.64. The minimum absolute atomic E-state index is 0.361. The molecule has 19 heavy (non-hydrogen) atoms. The highest BCUT2D eigenvalue weighted by atomic mass is 16.5. The number of rotatable bonds is 7. The summed E-state index contributed by atoms with van der Waals surface area (Å²) in [4.78, 5) is 2.61. The maximum Gasteiger partial charge on any atom is 0.0674 e. The number of nitrogens with one attached hydrogen (secondary N) is 1. The molecule has 1 rings (SSSR count). The lowest BCUT2D eigenvalue weighted by molar-refractivity contribution is -0.0618. The van der Waals surface area contributed by atoms with Crippen molar-refractivity contribution in [3.63, 3.8) is 0 Å². The van der Waals surface area contributed by atoms with Crippen molar-refractivity contribution in [1.82, 2.24) is 10.2 Å². The van der Waals surface area contributed by atoms with Gasteiger partial charge in [0.25, 0.3) is 0 Å². The number of morpholine rings is 1. The summed E-state index contributed by atoms with van der Waals surface area (Å²) in [5, 5.41) is 3.63. The van der Waals surface area contributed by atoms with Crippen LogP contribution in [0.4, 0.5) is 0 Å². The van der Waals surface area contributed by atoms with Gasteiger partial charge in [0.15, 0.2) is 0 Å². The Kier molecular flexibility index (Phi) is 6.78. The van der Waals surface area contributed by atoms with Gasteiger partial charge < -0.3 is 10.1 Å². The summed E-state index contributed by atoms with van der Waals surface area (Å²) in [6.07, 6.45) is 1.59. The molecule has 1 N–H and O–H groups in total. The molecule has 0 aromatic rings. The van der Waals surface area contributed by atoms with Crippen molar-refractivity contribution in [3.8, 4) is 0 Å². The van der Waals surface area contributed by atoms with Gasteiger partial charge in [0.2, 0.25) is 0 Å². The van der Waals surface area contributed by atoms with Crippen LogP contribution in [0.15, 0.2) is 0 Å². The van der Waals surface area contributed by atoms with E-state index in [-0.39, 0.29) is 0 Å². The Hall–Kier alpha value is -0.120. The van der Waals surface area contributed by atoms with Crippen LogP contribution >= 0.6 is 0 Å². The lowest BCUT2D eigenvalue weighted by atomic mass is 9.86. The lowest BCUT2D eigenvalue weighted by Crippen LogP contribution is -2.52. The first-order valence-corrected chi connectivity index (χ1v) is 7.92. The van der Waals surface area contributed by atoms with Gasteiger partial charge in [-0.05, 0) is 38.1 Å². The van der Waals surface area contributed by atoms with E-state index < -0.39 is 0 Å². The zero-order valence-corrected chi connectivity index (χ0v) is 13.8. The largest absolute Gasteiger partial charge is 0.376 e. The Bertz CT molecular complexity index is 257. The van der Waals surface area contributed by atoms with Crippen LogP contribution in [0.3, 0.4) is 0 Å². The molecule has 1 aliphatic rings. The van der Waals surface area contributed by atoms with Gasteiger partial charge in [-0.3, -0.25) is 4.90 Å². The fraction of sp³-hybridized carbons (Fsp3) is 1.00. The summed E-state index contributed by atoms with van der Waals surface area (Å²) in [7, 11) is 0. The van der Waals surface area contributed by atoms with Crippen LogP contribution in [0.5, 0.6) is 0 Å². The second-order valence-electron chi connectivity index (χ2n) is 7.11. The molecule has 1 heterocycles. The predicted molar refractivity (Wildman–Crippen MR) is 82.6 cm³/mol. The third-order valence-electron chi connectivity index (χ3n) is 4.28. The summed E-state index contributed by atoms with van der Waals surface area (Å²) < 4.78 is 5.72. The molecule has 1 saturated heterocycles. The summed E-state index contributed by atoms with van der Waals surface area (Å²) in [6, 6.07) is 0.548. The van der Waals surface area contributed by atoms with Crippen LogP contribution < -0.4 is 5.32 Å². The maximum absolute atomic E-state index is 5.72. The Morgan fingerprint density at radius 3 is 2.63 bits per heavy atom. The number of ether oxygens (including phenoxy) is 1. The molecule has 3 nitrogen and oxygen atoms in total. The van der Waals surface area contributed by atoms with Gasteiger partial charge in [-0.25, -0.2) is 0 Å². The van der Waals surface area contributed by atoms with Gasteiger partial charge in [0.1, 0.15) is 0 Å². The van der Waals surface area contributed by atoms with Crippen molar-refractivity contribution in [2.75, 3.05) is 32.8 Å². The third-order valence-corrected chi connectivity index (χ3v) is 4.28. The first-order chi connectivity index (χ1) is 8.86. The first kappa shape index (κ1) is 16.9. The van der Waals surface area contributed by atoms with Crippen molar-refractivity contribution < 1.29 is 4.74 Å². The van der Waals surface area contributed by atoms with E-state index in [0.29, 0.717) is 17.6 Å². The molecule has 0 bridgehead atoms. The van der Waals surface area contributed by atoms with Crippen molar-refractivity contribution in [3.05, 3.63) is 0 Å². The van der Waals surface area contributed by atoms with Crippen molar-refractivity contribution >= 4 is 0 Å². The van der Waals surface area contributed by atoms with Gasteiger partial charge in [-0.15, -0.1) is 0 Å². The quantitative estimate of drug-likeness (QED) is 0.770. The molecule has 0 spiro atoms. The van der Waals surface area contributed by atoms with Crippen LogP contribution in [-0.2, 0) is 4.74 Å². The monoisotopic (exact) mass is 270 g/mol. The summed E-state index contributed by atoms with van der Waals surface area (Å²) >= 11 is 0. The Balaban J connectivity index is 2.48. The number of nitrogens with zero attached hydrogens (tertiary/aromatic N) is 1. The van der Waals surface area contributed by atoms with Gasteiger partial charge in [0.05, 0.1) is 12.7 Å². The van der Waals surface area contributed by atoms with Crippen LogP contribution in [0.2, 0.25) is 0 Å². The Morgan fingerprint density at radius 1 is 1.37 bits per heavy atom. The smallest absolute Gasteiger partial charge is 0.0674 e. The van der Waals surface area contributed by atoms with Crippen molar-refractivity contribution in [2.24, 2.45) is 11.3 Å². The highest BCUT2D eigenvalue weighted by molar-refractivity contribution is 4.84. The van der Waals surface area contributed by atoms with Crippen molar-refractivity contribution in [1.29, 1.82) is 0 Å². The van der Waals surface area contributed by atoms with Gasteiger partial charge in [0, 0.05) is 25.7 Å². The molecule has 114 valence electrons. The fourth-order valence-electron chi connectivity index (χ4n) is 2.64. The SMILES string of the molecule is CCC(C)(CNCC(C)C)CN1CC(C)OCC1C. The van der Waals surface area contributed by atoms with E-state index in [2.05, 4.69) is 51.8 Å². The molecular weight excluding hydrogens is 236 g/mol. The molecule has 0 aromatic heterocycles.